The first kappa shape index (κ1) is 18.0. The number of amides is 1. The van der Waals surface area contributed by atoms with E-state index in [2.05, 4.69) is 34.1 Å². The highest BCUT2D eigenvalue weighted by Crippen LogP contribution is 2.49. The van der Waals surface area contributed by atoms with Crippen LogP contribution in [0.25, 0.3) is 0 Å². The zero-order valence-electron chi connectivity index (χ0n) is 16.1. The van der Waals surface area contributed by atoms with Crippen molar-refractivity contribution in [3.8, 4) is 0 Å². The molecule has 4 heteroatoms. The minimum Gasteiger partial charge on any atom is -0.384 e. The molecule has 1 spiro atoms. The van der Waals surface area contributed by atoms with Gasteiger partial charge < -0.3 is 9.64 Å². The van der Waals surface area contributed by atoms with Crippen molar-refractivity contribution in [1.29, 1.82) is 0 Å². The maximum atomic E-state index is 12.3. The molecule has 0 radical (unpaired) electrons. The van der Waals surface area contributed by atoms with Gasteiger partial charge in [0, 0.05) is 26.2 Å². The van der Waals surface area contributed by atoms with Crippen LogP contribution in [0.1, 0.15) is 62.1 Å². The molecule has 2 aliphatic heterocycles. The van der Waals surface area contributed by atoms with E-state index in [-0.39, 0.29) is 11.3 Å². The Hall–Kier alpha value is -1.39. The number of piperidine rings is 1. The lowest BCUT2D eigenvalue weighted by Crippen LogP contribution is -2.48. The summed E-state index contributed by atoms with van der Waals surface area (Å²) < 4.78 is 5.07. The SMILES string of the molecule is COCCC(=O)N1CCC2(CCC(N3CCCC3)c3ccccc32)CC1. The summed E-state index contributed by atoms with van der Waals surface area (Å²) in [5.41, 5.74) is 3.43. The normalized spacial score (nSPS) is 25.4. The molecule has 4 rings (SSSR count). The van der Waals surface area contributed by atoms with Gasteiger partial charge in [0.05, 0.1) is 13.0 Å². The highest BCUT2D eigenvalue weighted by atomic mass is 16.5. The van der Waals surface area contributed by atoms with E-state index in [9.17, 15) is 4.79 Å². The molecule has 4 nitrogen and oxygen atoms in total. The number of benzene rings is 1. The molecule has 26 heavy (non-hydrogen) atoms. The van der Waals surface area contributed by atoms with Crippen LogP contribution in [0.5, 0.6) is 0 Å². The number of likely N-dealkylation sites (tertiary alicyclic amines) is 2. The van der Waals surface area contributed by atoms with Gasteiger partial charge in [-0.15, -0.1) is 0 Å². The third-order valence-electron chi connectivity index (χ3n) is 6.96. The Bertz CT molecular complexity index is 631. The van der Waals surface area contributed by atoms with Crippen LogP contribution < -0.4 is 0 Å². The second-order valence-corrected chi connectivity index (χ2v) is 8.29. The standard InChI is InChI=1S/C22H32N2O2/c1-26-17-9-21(25)24-15-11-22(12-16-24)10-8-20(23-13-4-5-14-23)18-6-2-3-7-19(18)22/h2-3,6-7,20H,4-5,8-17H2,1H3. The lowest BCUT2D eigenvalue weighted by molar-refractivity contribution is -0.133. The fraction of sp³-hybridized carbons (Fsp3) is 0.682. The quantitative estimate of drug-likeness (QED) is 0.828. The Labute approximate surface area is 157 Å². The third-order valence-corrected chi connectivity index (χ3v) is 6.96. The molecule has 1 aromatic rings. The van der Waals surface area contributed by atoms with Gasteiger partial charge in [-0.05, 0) is 68.2 Å². The van der Waals surface area contributed by atoms with Crippen molar-refractivity contribution in [3.63, 3.8) is 0 Å². The molecule has 0 N–H and O–H groups in total. The van der Waals surface area contributed by atoms with E-state index in [1.165, 1.54) is 38.8 Å². The molecule has 142 valence electrons. The van der Waals surface area contributed by atoms with Gasteiger partial charge in [-0.25, -0.2) is 0 Å². The Morgan fingerprint density at radius 2 is 1.85 bits per heavy atom. The number of rotatable bonds is 4. The lowest BCUT2D eigenvalue weighted by atomic mass is 9.63. The molecule has 3 aliphatic rings. The largest absolute Gasteiger partial charge is 0.384 e. The number of carbonyl (C=O) groups excluding carboxylic acids is 1. The van der Waals surface area contributed by atoms with Gasteiger partial charge in [-0.2, -0.15) is 0 Å². The summed E-state index contributed by atoms with van der Waals surface area (Å²) in [6.45, 7) is 4.83. The average molecular weight is 357 g/mol. The van der Waals surface area contributed by atoms with Gasteiger partial charge in [0.1, 0.15) is 0 Å². The van der Waals surface area contributed by atoms with Gasteiger partial charge in [-0.3, -0.25) is 9.69 Å². The monoisotopic (exact) mass is 356 g/mol. The Morgan fingerprint density at radius 3 is 2.58 bits per heavy atom. The fourth-order valence-electron chi connectivity index (χ4n) is 5.46. The minimum absolute atomic E-state index is 0.251. The van der Waals surface area contributed by atoms with Crippen LogP contribution in [0.2, 0.25) is 0 Å². The average Bonchev–Trinajstić information content (AvgIpc) is 3.22. The molecule has 0 bridgehead atoms. The molecule has 2 heterocycles. The summed E-state index contributed by atoms with van der Waals surface area (Å²) >= 11 is 0. The molecule has 2 saturated heterocycles. The summed E-state index contributed by atoms with van der Waals surface area (Å²) in [4.78, 5) is 17.1. The van der Waals surface area contributed by atoms with Gasteiger partial charge >= 0.3 is 0 Å². The number of hydrogen-bond donors (Lipinski definition) is 0. The second-order valence-electron chi connectivity index (χ2n) is 8.29. The summed E-state index contributed by atoms with van der Waals surface area (Å²) in [6, 6.07) is 9.78. The van der Waals surface area contributed by atoms with Crippen LogP contribution in [0, 0.1) is 0 Å². The van der Waals surface area contributed by atoms with Gasteiger partial charge in [0.25, 0.3) is 0 Å². The minimum atomic E-state index is 0.251. The Balaban J connectivity index is 1.51. The molecule has 2 fully saturated rings. The highest BCUT2D eigenvalue weighted by Gasteiger charge is 2.43. The van der Waals surface area contributed by atoms with E-state index >= 15 is 0 Å². The van der Waals surface area contributed by atoms with Crippen molar-refractivity contribution in [2.45, 2.75) is 56.4 Å². The van der Waals surface area contributed by atoms with Crippen molar-refractivity contribution < 1.29 is 9.53 Å². The number of methoxy groups -OCH3 is 1. The first-order valence-electron chi connectivity index (χ1n) is 10.3. The smallest absolute Gasteiger partial charge is 0.224 e. The maximum absolute atomic E-state index is 12.3. The molecule has 1 atom stereocenters. The first-order chi connectivity index (χ1) is 12.7. The van der Waals surface area contributed by atoms with Crippen molar-refractivity contribution in [1.82, 2.24) is 9.80 Å². The Morgan fingerprint density at radius 1 is 1.12 bits per heavy atom. The predicted octanol–water partition coefficient (Wildman–Crippen LogP) is 3.51. The predicted molar refractivity (Wildman–Crippen MR) is 103 cm³/mol. The van der Waals surface area contributed by atoms with Crippen molar-refractivity contribution in [2.24, 2.45) is 0 Å². The van der Waals surface area contributed by atoms with Gasteiger partial charge in [0.2, 0.25) is 5.91 Å². The number of nitrogens with zero attached hydrogens (tertiary/aromatic N) is 2. The van der Waals surface area contributed by atoms with Crippen LogP contribution in [0.15, 0.2) is 24.3 Å². The Kier molecular flexibility index (Phi) is 5.32. The zero-order valence-corrected chi connectivity index (χ0v) is 16.1. The summed E-state index contributed by atoms with van der Waals surface area (Å²) in [5.74, 6) is 0.251. The van der Waals surface area contributed by atoms with Crippen LogP contribution in [-0.2, 0) is 14.9 Å². The van der Waals surface area contributed by atoms with Crippen molar-refractivity contribution in [2.75, 3.05) is 39.9 Å². The van der Waals surface area contributed by atoms with E-state index in [1.807, 2.05) is 0 Å². The van der Waals surface area contributed by atoms with Crippen LogP contribution in [0.4, 0.5) is 0 Å². The molecule has 0 aromatic heterocycles. The number of fused-ring (bicyclic) bond motifs is 2. The van der Waals surface area contributed by atoms with Gasteiger partial charge in [-0.1, -0.05) is 24.3 Å². The zero-order chi connectivity index (χ0) is 18.0. The molecule has 1 aliphatic carbocycles. The van der Waals surface area contributed by atoms with Gasteiger partial charge in [0.15, 0.2) is 0 Å². The summed E-state index contributed by atoms with van der Waals surface area (Å²) in [7, 11) is 1.66. The molecule has 0 saturated carbocycles. The maximum Gasteiger partial charge on any atom is 0.224 e. The van der Waals surface area contributed by atoms with E-state index in [0.717, 1.165) is 25.9 Å². The molecular weight excluding hydrogens is 324 g/mol. The molecule has 1 aromatic carbocycles. The summed E-state index contributed by atoms with van der Waals surface area (Å²) in [5, 5.41) is 0. The number of ether oxygens (including phenoxy) is 1. The topological polar surface area (TPSA) is 32.8 Å². The third kappa shape index (κ3) is 3.29. The molecular formula is C22H32N2O2. The van der Waals surface area contributed by atoms with E-state index < -0.39 is 0 Å². The van der Waals surface area contributed by atoms with Crippen LogP contribution >= 0.6 is 0 Å². The van der Waals surface area contributed by atoms with Crippen molar-refractivity contribution >= 4 is 5.91 Å². The molecule has 1 amide bonds. The lowest BCUT2D eigenvalue weighted by Gasteiger charge is -2.48. The number of carbonyl (C=O) groups is 1. The van der Waals surface area contributed by atoms with Crippen LogP contribution in [0.3, 0.4) is 0 Å². The van der Waals surface area contributed by atoms with E-state index in [4.69, 9.17) is 4.74 Å². The highest BCUT2D eigenvalue weighted by molar-refractivity contribution is 5.76. The van der Waals surface area contributed by atoms with E-state index in [1.54, 1.807) is 18.2 Å². The van der Waals surface area contributed by atoms with E-state index in [0.29, 0.717) is 19.1 Å². The first-order valence-corrected chi connectivity index (χ1v) is 10.3. The summed E-state index contributed by atoms with van der Waals surface area (Å²) in [6.07, 6.45) is 7.96. The fourth-order valence-corrected chi connectivity index (χ4v) is 5.46. The number of hydrogen-bond acceptors (Lipinski definition) is 3. The second kappa shape index (κ2) is 7.69. The van der Waals surface area contributed by atoms with Crippen LogP contribution in [-0.4, -0.2) is 55.6 Å². The molecule has 1 unspecified atom stereocenters. The van der Waals surface area contributed by atoms with Crippen molar-refractivity contribution in [3.05, 3.63) is 35.4 Å².